The number of thiazole rings is 1. The van der Waals surface area contributed by atoms with Crippen molar-refractivity contribution in [3.63, 3.8) is 0 Å². The Balaban J connectivity index is 2.41. The van der Waals surface area contributed by atoms with Crippen LogP contribution >= 0.6 is 27.3 Å². The molecule has 0 radical (unpaired) electrons. The monoisotopic (exact) mass is 267 g/mol. The van der Waals surface area contributed by atoms with Gasteiger partial charge >= 0.3 is 0 Å². The molecule has 0 aliphatic rings. The van der Waals surface area contributed by atoms with Crippen molar-refractivity contribution in [1.82, 2.24) is 4.98 Å². The highest BCUT2D eigenvalue weighted by Crippen LogP contribution is 2.22. The summed E-state index contributed by atoms with van der Waals surface area (Å²) in [6, 6.07) is 8.45. The van der Waals surface area contributed by atoms with Gasteiger partial charge in [-0.25, -0.2) is 4.98 Å². The first-order chi connectivity index (χ1) is 6.79. The first kappa shape index (κ1) is 9.87. The fraction of sp³-hybridized carbons (Fsp3) is 0.182. The Hall–Kier alpha value is -0.670. The van der Waals surface area contributed by atoms with Crippen LogP contribution in [0.2, 0.25) is 0 Å². The van der Waals surface area contributed by atoms with E-state index in [0.717, 1.165) is 16.0 Å². The fourth-order valence-electron chi connectivity index (χ4n) is 1.31. The average molecular weight is 268 g/mol. The van der Waals surface area contributed by atoms with Gasteiger partial charge in [0.1, 0.15) is 0 Å². The summed E-state index contributed by atoms with van der Waals surface area (Å²) in [4.78, 5) is 4.46. The maximum absolute atomic E-state index is 4.46. The molecule has 0 N–H and O–H groups in total. The van der Waals surface area contributed by atoms with Crippen molar-refractivity contribution in [2.24, 2.45) is 0 Å². The van der Waals surface area contributed by atoms with Gasteiger partial charge in [0.05, 0.1) is 10.7 Å². The summed E-state index contributed by atoms with van der Waals surface area (Å²) in [6.45, 7) is 2.03. The molecule has 0 amide bonds. The molecule has 1 nitrogen and oxygen atoms in total. The van der Waals surface area contributed by atoms with Gasteiger partial charge in [0.2, 0.25) is 0 Å². The summed E-state index contributed by atoms with van der Waals surface area (Å²) < 4.78 is 0. The molecule has 14 heavy (non-hydrogen) atoms. The largest absolute Gasteiger partial charge is 0.242 e. The summed E-state index contributed by atoms with van der Waals surface area (Å²) >= 11 is 5.14. The average Bonchev–Trinajstić information content (AvgIpc) is 2.65. The molecule has 0 saturated carbocycles. The molecule has 0 spiro atoms. The Labute approximate surface area is 95.9 Å². The van der Waals surface area contributed by atoms with E-state index in [9.17, 15) is 0 Å². The number of rotatable bonds is 2. The highest BCUT2D eigenvalue weighted by atomic mass is 79.9. The molecule has 0 bridgehead atoms. The molecule has 72 valence electrons. The number of nitrogens with zero attached hydrogens (tertiary/aromatic N) is 1. The van der Waals surface area contributed by atoms with Crippen LogP contribution in [0.5, 0.6) is 0 Å². The van der Waals surface area contributed by atoms with E-state index in [2.05, 4.69) is 50.6 Å². The van der Waals surface area contributed by atoms with Crippen molar-refractivity contribution in [2.45, 2.75) is 12.3 Å². The number of alkyl halides is 1. The number of benzene rings is 1. The zero-order valence-corrected chi connectivity index (χ0v) is 10.2. The van der Waals surface area contributed by atoms with Gasteiger partial charge in [-0.2, -0.15) is 0 Å². The lowest BCUT2D eigenvalue weighted by atomic mass is 10.1. The minimum absolute atomic E-state index is 0.893. The van der Waals surface area contributed by atoms with Crippen molar-refractivity contribution < 1.29 is 0 Å². The normalized spacial score (nSPS) is 10.4. The van der Waals surface area contributed by atoms with Crippen molar-refractivity contribution >= 4 is 27.3 Å². The Morgan fingerprint density at radius 2 is 2.29 bits per heavy atom. The molecule has 1 aromatic carbocycles. The van der Waals surface area contributed by atoms with Crippen LogP contribution in [0.25, 0.3) is 11.3 Å². The van der Waals surface area contributed by atoms with Crippen molar-refractivity contribution in [1.29, 1.82) is 0 Å². The second-order valence-corrected chi connectivity index (χ2v) is 4.71. The highest BCUT2D eigenvalue weighted by Gasteiger charge is 2.01. The lowest BCUT2D eigenvalue weighted by Crippen LogP contribution is -1.81. The number of aryl methyl sites for hydroxylation is 1. The van der Waals surface area contributed by atoms with E-state index >= 15 is 0 Å². The van der Waals surface area contributed by atoms with E-state index in [4.69, 9.17) is 0 Å². The van der Waals surface area contributed by atoms with Crippen LogP contribution in [0.15, 0.2) is 29.6 Å². The molecule has 0 unspecified atom stereocenters. The summed E-state index contributed by atoms with van der Waals surface area (Å²) in [6.07, 6.45) is 0. The fourth-order valence-corrected chi connectivity index (χ4v) is 2.28. The minimum Gasteiger partial charge on any atom is -0.242 e. The Bertz CT molecular complexity index is 436. The topological polar surface area (TPSA) is 12.9 Å². The summed E-state index contributed by atoms with van der Waals surface area (Å²) in [5.41, 5.74) is 3.56. The van der Waals surface area contributed by atoms with Crippen LogP contribution in [0, 0.1) is 6.92 Å². The molecule has 1 heterocycles. The maximum Gasteiger partial charge on any atom is 0.0901 e. The van der Waals surface area contributed by atoms with Gasteiger partial charge < -0.3 is 0 Å². The van der Waals surface area contributed by atoms with Crippen LogP contribution in [-0.4, -0.2) is 4.98 Å². The van der Waals surface area contributed by atoms with E-state index < -0.39 is 0 Å². The van der Waals surface area contributed by atoms with Crippen LogP contribution in [0.1, 0.15) is 10.6 Å². The number of aromatic nitrogens is 1. The van der Waals surface area contributed by atoms with Gasteiger partial charge in [-0.1, -0.05) is 34.1 Å². The third-order valence-electron chi connectivity index (χ3n) is 2.00. The highest BCUT2D eigenvalue weighted by molar-refractivity contribution is 9.08. The molecule has 0 aliphatic carbocycles. The van der Waals surface area contributed by atoms with Crippen molar-refractivity contribution in [2.75, 3.05) is 0 Å². The van der Waals surface area contributed by atoms with Gasteiger partial charge in [0, 0.05) is 16.3 Å². The SMILES string of the molecule is Cc1nc(-c2cccc(CBr)c2)cs1. The molecule has 0 atom stereocenters. The van der Waals surface area contributed by atoms with E-state index in [0.29, 0.717) is 0 Å². The van der Waals surface area contributed by atoms with Crippen LogP contribution in [-0.2, 0) is 5.33 Å². The second-order valence-electron chi connectivity index (χ2n) is 3.09. The summed E-state index contributed by atoms with van der Waals surface area (Å²) in [5.74, 6) is 0. The summed E-state index contributed by atoms with van der Waals surface area (Å²) in [5, 5.41) is 4.11. The molecule has 0 fully saturated rings. The number of hydrogen-bond acceptors (Lipinski definition) is 2. The smallest absolute Gasteiger partial charge is 0.0901 e. The van der Waals surface area contributed by atoms with Gasteiger partial charge in [0.25, 0.3) is 0 Å². The zero-order chi connectivity index (χ0) is 9.97. The first-order valence-corrected chi connectivity index (χ1v) is 6.37. The zero-order valence-electron chi connectivity index (χ0n) is 7.83. The van der Waals surface area contributed by atoms with Gasteiger partial charge in [0.15, 0.2) is 0 Å². The predicted octanol–water partition coefficient (Wildman–Crippen LogP) is 4.01. The molecule has 1 aromatic heterocycles. The lowest BCUT2D eigenvalue weighted by molar-refractivity contribution is 1.29. The quantitative estimate of drug-likeness (QED) is 0.750. The van der Waals surface area contributed by atoms with E-state index in [-0.39, 0.29) is 0 Å². The Morgan fingerprint density at radius 1 is 1.43 bits per heavy atom. The van der Waals surface area contributed by atoms with E-state index in [1.54, 1.807) is 11.3 Å². The van der Waals surface area contributed by atoms with Crippen LogP contribution in [0.3, 0.4) is 0 Å². The Kier molecular flexibility index (Phi) is 2.99. The molecule has 0 aliphatic heterocycles. The first-order valence-electron chi connectivity index (χ1n) is 4.37. The van der Waals surface area contributed by atoms with Crippen molar-refractivity contribution in [3.05, 3.63) is 40.2 Å². The Morgan fingerprint density at radius 3 is 2.93 bits per heavy atom. The van der Waals surface area contributed by atoms with Crippen LogP contribution in [0.4, 0.5) is 0 Å². The third-order valence-corrected chi connectivity index (χ3v) is 3.42. The molecule has 0 saturated heterocycles. The number of hydrogen-bond donors (Lipinski definition) is 0. The van der Waals surface area contributed by atoms with Gasteiger partial charge in [-0.3, -0.25) is 0 Å². The summed E-state index contributed by atoms with van der Waals surface area (Å²) in [7, 11) is 0. The molecular weight excluding hydrogens is 258 g/mol. The lowest BCUT2D eigenvalue weighted by Gasteiger charge is -1.99. The molecule has 3 heteroatoms. The molecule has 2 rings (SSSR count). The second kappa shape index (κ2) is 4.24. The maximum atomic E-state index is 4.46. The van der Waals surface area contributed by atoms with E-state index in [1.807, 2.05) is 6.92 Å². The predicted molar refractivity (Wildman–Crippen MR) is 64.9 cm³/mol. The van der Waals surface area contributed by atoms with E-state index in [1.165, 1.54) is 11.1 Å². The van der Waals surface area contributed by atoms with Gasteiger partial charge in [-0.15, -0.1) is 11.3 Å². The molecule has 2 aromatic rings. The number of halogens is 1. The van der Waals surface area contributed by atoms with Crippen molar-refractivity contribution in [3.8, 4) is 11.3 Å². The van der Waals surface area contributed by atoms with Crippen LogP contribution < -0.4 is 0 Å². The standard InChI is InChI=1S/C11H10BrNS/c1-8-13-11(7-14-8)10-4-2-3-9(5-10)6-12/h2-5,7H,6H2,1H3. The minimum atomic E-state index is 0.893. The van der Waals surface area contributed by atoms with Gasteiger partial charge in [-0.05, 0) is 18.6 Å². The molecular formula is C11H10BrNS. The third kappa shape index (κ3) is 2.04.